The van der Waals surface area contributed by atoms with Crippen LogP contribution in [0.2, 0.25) is 5.02 Å². The number of hydrogen-bond donors (Lipinski definition) is 0. The molecule has 1 aromatic heterocycles. The largest absolute Gasteiger partial charge is 0.486 e. The first-order valence-electron chi connectivity index (χ1n) is 6.26. The van der Waals surface area contributed by atoms with Gasteiger partial charge < -0.3 is 4.74 Å². The number of rotatable bonds is 3. The number of halogens is 3. The number of hydrogen-bond acceptors (Lipinski definition) is 2. The van der Waals surface area contributed by atoms with Crippen molar-refractivity contribution in [2.45, 2.75) is 6.61 Å². The summed E-state index contributed by atoms with van der Waals surface area (Å²) in [5, 5.41) is 0.757. The number of para-hydroxylation sites is 1. The van der Waals surface area contributed by atoms with Gasteiger partial charge in [-0.2, -0.15) is 0 Å². The second kappa shape index (κ2) is 5.66. The molecule has 0 aliphatic rings. The smallest absolute Gasteiger partial charge is 0.151 e. The predicted octanol–water partition coefficient (Wildman–Crippen LogP) is 4.75. The maximum atomic E-state index is 13.8. The van der Waals surface area contributed by atoms with Gasteiger partial charge in [-0.25, -0.2) is 8.78 Å². The summed E-state index contributed by atoms with van der Waals surface area (Å²) < 4.78 is 33.0. The molecule has 0 aliphatic heterocycles. The highest BCUT2D eigenvalue weighted by atomic mass is 35.5. The van der Waals surface area contributed by atoms with E-state index in [2.05, 4.69) is 4.98 Å². The summed E-state index contributed by atoms with van der Waals surface area (Å²) in [6, 6.07) is 11.4. The Labute approximate surface area is 125 Å². The van der Waals surface area contributed by atoms with Crippen LogP contribution in [0.5, 0.6) is 5.75 Å². The molecular formula is C16H10ClF2NO. The van der Waals surface area contributed by atoms with Crippen LogP contribution in [0.25, 0.3) is 10.9 Å². The van der Waals surface area contributed by atoms with E-state index in [4.69, 9.17) is 16.3 Å². The second-order valence-electron chi connectivity index (χ2n) is 4.44. The number of aromatic nitrogens is 1. The number of nitrogens with zero attached hydrogens (tertiary/aromatic N) is 1. The Hall–Kier alpha value is -2.20. The van der Waals surface area contributed by atoms with Crippen molar-refractivity contribution in [3.8, 4) is 5.75 Å². The third kappa shape index (κ3) is 2.67. The fourth-order valence-corrected chi connectivity index (χ4v) is 2.22. The molecule has 0 atom stereocenters. The summed E-state index contributed by atoms with van der Waals surface area (Å²) >= 11 is 5.65. The van der Waals surface area contributed by atoms with Crippen molar-refractivity contribution >= 4 is 22.5 Å². The molecule has 0 aliphatic carbocycles. The monoisotopic (exact) mass is 305 g/mol. The Morgan fingerprint density at radius 2 is 1.86 bits per heavy atom. The lowest BCUT2D eigenvalue weighted by Gasteiger charge is -2.10. The van der Waals surface area contributed by atoms with Crippen LogP contribution in [0.4, 0.5) is 8.78 Å². The predicted molar refractivity (Wildman–Crippen MR) is 77.4 cm³/mol. The SMILES string of the molecule is Fc1ccc(Cl)c(F)c1COc1cccc2cccnc12. The van der Waals surface area contributed by atoms with Crippen LogP contribution in [-0.4, -0.2) is 4.98 Å². The first-order chi connectivity index (χ1) is 10.2. The van der Waals surface area contributed by atoms with Crippen LogP contribution >= 0.6 is 11.6 Å². The molecule has 21 heavy (non-hydrogen) atoms. The highest BCUT2D eigenvalue weighted by Gasteiger charge is 2.14. The van der Waals surface area contributed by atoms with Crippen molar-refractivity contribution in [1.82, 2.24) is 4.98 Å². The van der Waals surface area contributed by atoms with Crippen LogP contribution in [0.3, 0.4) is 0 Å². The van der Waals surface area contributed by atoms with Crippen molar-refractivity contribution in [3.63, 3.8) is 0 Å². The molecule has 0 bridgehead atoms. The van der Waals surface area contributed by atoms with E-state index in [1.165, 1.54) is 6.07 Å². The Morgan fingerprint density at radius 3 is 2.71 bits per heavy atom. The van der Waals surface area contributed by atoms with E-state index in [0.29, 0.717) is 11.3 Å². The van der Waals surface area contributed by atoms with Gasteiger partial charge in [0.05, 0.1) is 10.6 Å². The lowest BCUT2D eigenvalue weighted by molar-refractivity contribution is 0.295. The highest BCUT2D eigenvalue weighted by molar-refractivity contribution is 6.30. The van der Waals surface area contributed by atoms with E-state index >= 15 is 0 Å². The molecule has 3 rings (SSSR count). The Kier molecular flexibility index (Phi) is 3.71. The minimum absolute atomic E-state index is 0.133. The van der Waals surface area contributed by atoms with Crippen LogP contribution in [0, 0.1) is 11.6 Å². The molecule has 106 valence electrons. The van der Waals surface area contributed by atoms with Gasteiger partial charge in [-0.3, -0.25) is 4.98 Å². The van der Waals surface area contributed by atoms with Gasteiger partial charge in [0.2, 0.25) is 0 Å². The molecule has 3 aromatic rings. The van der Waals surface area contributed by atoms with Crippen LogP contribution in [0.15, 0.2) is 48.7 Å². The summed E-state index contributed by atoms with van der Waals surface area (Å²) in [6.45, 7) is -0.256. The van der Waals surface area contributed by atoms with E-state index in [-0.39, 0.29) is 17.2 Å². The zero-order chi connectivity index (χ0) is 14.8. The average molecular weight is 306 g/mol. The molecule has 0 saturated carbocycles. The number of benzene rings is 2. The van der Waals surface area contributed by atoms with Crippen molar-refractivity contribution < 1.29 is 13.5 Å². The molecular weight excluding hydrogens is 296 g/mol. The topological polar surface area (TPSA) is 22.1 Å². The molecule has 2 nitrogen and oxygen atoms in total. The van der Waals surface area contributed by atoms with Crippen molar-refractivity contribution in [2.24, 2.45) is 0 Å². The fourth-order valence-electron chi connectivity index (χ4n) is 2.04. The molecule has 0 saturated heterocycles. The lowest BCUT2D eigenvalue weighted by atomic mass is 10.2. The third-order valence-corrected chi connectivity index (χ3v) is 3.40. The Bertz CT molecular complexity index is 802. The van der Waals surface area contributed by atoms with Crippen LogP contribution in [0.1, 0.15) is 5.56 Å². The average Bonchev–Trinajstić information content (AvgIpc) is 2.51. The zero-order valence-electron chi connectivity index (χ0n) is 10.8. The van der Waals surface area contributed by atoms with Gasteiger partial charge in [0.15, 0.2) is 5.82 Å². The molecule has 0 unspecified atom stereocenters. The first-order valence-corrected chi connectivity index (χ1v) is 6.63. The molecule has 0 N–H and O–H groups in total. The zero-order valence-corrected chi connectivity index (χ0v) is 11.6. The summed E-state index contributed by atoms with van der Waals surface area (Å²) in [6.07, 6.45) is 1.63. The summed E-state index contributed by atoms with van der Waals surface area (Å²) in [5.74, 6) is -1.03. The minimum Gasteiger partial charge on any atom is -0.486 e. The molecule has 5 heteroatoms. The first kappa shape index (κ1) is 13.8. The minimum atomic E-state index is -0.801. The van der Waals surface area contributed by atoms with Gasteiger partial charge in [-0.15, -0.1) is 0 Å². The molecule has 2 aromatic carbocycles. The molecule has 0 amide bonds. The van der Waals surface area contributed by atoms with Crippen LogP contribution in [-0.2, 0) is 6.61 Å². The summed E-state index contributed by atoms with van der Waals surface area (Å²) in [5.41, 5.74) is 0.443. The van der Waals surface area contributed by atoms with E-state index in [1.807, 2.05) is 18.2 Å². The second-order valence-corrected chi connectivity index (χ2v) is 4.85. The van der Waals surface area contributed by atoms with Gasteiger partial charge in [0.25, 0.3) is 0 Å². The number of pyridine rings is 1. The van der Waals surface area contributed by atoms with Crippen molar-refractivity contribution in [2.75, 3.05) is 0 Å². The van der Waals surface area contributed by atoms with Gasteiger partial charge in [0.1, 0.15) is 23.7 Å². The van der Waals surface area contributed by atoms with Gasteiger partial charge >= 0.3 is 0 Å². The van der Waals surface area contributed by atoms with E-state index in [9.17, 15) is 8.78 Å². The normalized spacial score (nSPS) is 10.8. The van der Waals surface area contributed by atoms with E-state index in [0.717, 1.165) is 11.5 Å². The highest BCUT2D eigenvalue weighted by Crippen LogP contribution is 2.26. The quantitative estimate of drug-likeness (QED) is 0.652. The van der Waals surface area contributed by atoms with Crippen molar-refractivity contribution in [1.29, 1.82) is 0 Å². The summed E-state index contributed by atoms with van der Waals surface area (Å²) in [4.78, 5) is 4.22. The molecule has 0 fully saturated rings. The molecule has 0 spiro atoms. The maximum Gasteiger partial charge on any atom is 0.151 e. The summed E-state index contributed by atoms with van der Waals surface area (Å²) in [7, 11) is 0. The van der Waals surface area contributed by atoms with Gasteiger partial charge in [-0.05, 0) is 24.3 Å². The van der Waals surface area contributed by atoms with E-state index < -0.39 is 11.6 Å². The number of fused-ring (bicyclic) bond motifs is 1. The Balaban J connectivity index is 1.93. The lowest BCUT2D eigenvalue weighted by Crippen LogP contribution is -2.03. The Morgan fingerprint density at radius 1 is 1.05 bits per heavy atom. The number of ether oxygens (including phenoxy) is 1. The van der Waals surface area contributed by atoms with Gasteiger partial charge in [-0.1, -0.05) is 29.8 Å². The van der Waals surface area contributed by atoms with E-state index in [1.54, 1.807) is 18.3 Å². The maximum absolute atomic E-state index is 13.8. The molecule has 0 radical (unpaired) electrons. The van der Waals surface area contributed by atoms with Gasteiger partial charge in [0, 0.05) is 11.6 Å². The third-order valence-electron chi connectivity index (χ3n) is 3.11. The fraction of sp³-hybridized carbons (Fsp3) is 0.0625. The van der Waals surface area contributed by atoms with Crippen molar-refractivity contribution in [3.05, 3.63) is 70.9 Å². The van der Waals surface area contributed by atoms with Crippen LogP contribution < -0.4 is 4.74 Å². The molecule has 1 heterocycles. The standard InChI is InChI=1S/C16H10ClF2NO/c17-12-6-7-13(18)11(15(12)19)9-21-14-5-1-3-10-4-2-8-20-16(10)14/h1-8H,9H2.